The topological polar surface area (TPSA) is 85.2 Å². The molecule has 2 N–H and O–H groups in total. The fourth-order valence-corrected chi connectivity index (χ4v) is 3.93. The number of aromatic nitrogens is 2. The lowest BCUT2D eigenvalue weighted by atomic mass is 9.95. The summed E-state index contributed by atoms with van der Waals surface area (Å²) in [6, 6.07) is 9.43. The summed E-state index contributed by atoms with van der Waals surface area (Å²) < 4.78 is 5.52. The number of likely N-dealkylation sites (tertiary alicyclic amines) is 1. The zero-order valence-corrected chi connectivity index (χ0v) is 14.4. The molecule has 0 bridgehead atoms. The molecule has 1 amide bonds. The van der Waals surface area contributed by atoms with Crippen LogP contribution in [0.3, 0.4) is 0 Å². The average Bonchev–Trinajstić information content (AvgIpc) is 3.32. The van der Waals surface area contributed by atoms with E-state index in [0.717, 1.165) is 44.1 Å². The van der Waals surface area contributed by atoms with Gasteiger partial charge in [0.15, 0.2) is 5.82 Å². The van der Waals surface area contributed by atoms with E-state index in [9.17, 15) is 4.79 Å². The summed E-state index contributed by atoms with van der Waals surface area (Å²) in [4.78, 5) is 19.0. The van der Waals surface area contributed by atoms with Gasteiger partial charge in [0.05, 0.1) is 5.54 Å². The molecule has 1 saturated heterocycles. The van der Waals surface area contributed by atoms with Crippen LogP contribution in [-0.4, -0.2) is 34.0 Å². The Morgan fingerprint density at radius 3 is 2.52 bits per heavy atom. The number of nitrogens with two attached hydrogens (primary N) is 1. The zero-order valence-electron chi connectivity index (χ0n) is 14.4. The monoisotopic (exact) mass is 340 g/mol. The molecule has 0 radical (unpaired) electrons. The Balaban J connectivity index is 1.39. The smallest absolute Gasteiger partial charge is 0.253 e. The largest absolute Gasteiger partial charge is 0.339 e. The maximum absolute atomic E-state index is 12.5. The summed E-state index contributed by atoms with van der Waals surface area (Å²) in [7, 11) is 0. The molecular formula is C19H24N4O2. The van der Waals surface area contributed by atoms with Gasteiger partial charge in [-0.1, -0.05) is 36.2 Å². The van der Waals surface area contributed by atoms with Crippen molar-refractivity contribution in [3.63, 3.8) is 0 Å². The molecule has 1 aliphatic carbocycles. The summed E-state index contributed by atoms with van der Waals surface area (Å²) in [6.07, 6.45) is 5.79. The third-order valence-electron chi connectivity index (χ3n) is 5.53. The van der Waals surface area contributed by atoms with Gasteiger partial charge in [-0.05, 0) is 37.8 Å². The Hall–Kier alpha value is -2.21. The lowest BCUT2D eigenvalue weighted by Crippen LogP contribution is -2.38. The molecule has 2 fully saturated rings. The number of rotatable bonds is 3. The highest BCUT2D eigenvalue weighted by Gasteiger charge is 2.37. The van der Waals surface area contributed by atoms with Gasteiger partial charge in [0, 0.05) is 24.6 Å². The van der Waals surface area contributed by atoms with E-state index in [1.807, 2.05) is 35.2 Å². The highest BCUT2D eigenvalue weighted by atomic mass is 16.5. The minimum Gasteiger partial charge on any atom is -0.339 e. The molecule has 2 aliphatic rings. The van der Waals surface area contributed by atoms with Gasteiger partial charge >= 0.3 is 0 Å². The Morgan fingerprint density at radius 1 is 1.16 bits per heavy atom. The van der Waals surface area contributed by atoms with E-state index in [-0.39, 0.29) is 11.8 Å². The van der Waals surface area contributed by atoms with Crippen molar-refractivity contribution in [1.29, 1.82) is 0 Å². The molecule has 0 atom stereocenters. The van der Waals surface area contributed by atoms with Gasteiger partial charge in [0.1, 0.15) is 0 Å². The summed E-state index contributed by atoms with van der Waals surface area (Å²) in [6.45, 7) is 1.42. The predicted octanol–water partition coefficient (Wildman–Crippen LogP) is 2.82. The van der Waals surface area contributed by atoms with Gasteiger partial charge < -0.3 is 15.2 Å². The highest BCUT2D eigenvalue weighted by molar-refractivity contribution is 5.94. The molecule has 0 unspecified atom stereocenters. The fraction of sp³-hybridized carbons (Fsp3) is 0.526. The highest BCUT2D eigenvalue weighted by Crippen LogP contribution is 2.36. The van der Waals surface area contributed by atoms with Crippen LogP contribution in [0.25, 0.3) is 0 Å². The van der Waals surface area contributed by atoms with E-state index in [1.165, 1.54) is 0 Å². The third kappa shape index (κ3) is 3.18. The van der Waals surface area contributed by atoms with Crippen LogP contribution in [0, 0.1) is 0 Å². The number of amides is 1. The number of hydrogen-bond acceptors (Lipinski definition) is 5. The molecular weight excluding hydrogens is 316 g/mol. The van der Waals surface area contributed by atoms with Crippen LogP contribution in [0.2, 0.25) is 0 Å². The zero-order chi connectivity index (χ0) is 17.3. The number of carbonyl (C=O) groups is 1. The van der Waals surface area contributed by atoms with Crippen molar-refractivity contribution in [2.45, 2.75) is 50.0 Å². The van der Waals surface area contributed by atoms with E-state index in [2.05, 4.69) is 10.1 Å². The van der Waals surface area contributed by atoms with Crippen molar-refractivity contribution < 1.29 is 9.32 Å². The first-order chi connectivity index (χ1) is 12.2. The van der Waals surface area contributed by atoms with Gasteiger partial charge in [0.2, 0.25) is 5.89 Å². The maximum Gasteiger partial charge on any atom is 0.253 e. The number of carbonyl (C=O) groups excluding carboxylic acids is 1. The van der Waals surface area contributed by atoms with Crippen LogP contribution in [0.1, 0.15) is 66.5 Å². The first kappa shape index (κ1) is 16.3. The van der Waals surface area contributed by atoms with Crippen molar-refractivity contribution in [1.82, 2.24) is 15.0 Å². The van der Waals surface area contributed by atoms with Gasteiger partial charge in [-0.2, -0.15) is 4.98 Å². The van der Waals surface area contributed by atoms with Crippen LogP contribution in [0.5, 0.6) is 0 Å². The minimum atomic E-state index is -0.411. The van der Waals surface area contributed by atoms with E-state index < -0.39 is 5.54 Å². The average molecular weight is 340 g/mol. The van der Waals surface area contributed by atoms with E-state index in [1.54, 1.807) is 0 Å². The lowest BCUT2D eigenvalue weighted by molar-refractivity contribution is 0.0704. The molecule has 132 valence electrons. The normalized spacial score (nSPS) is 20.8. The Kier molecular flexibility index (Phi) is 4.29. The van der Waals surface area contributed by atoms with Gasteiger partial charge in [-0.3, -0.25) is 4.79 Å². The van der Waals surface area contributed by atoms with E-state index in [4.69, 9.17) is 10.3 Å². The van der Waals surface area contributed by atoms with Crippen LogP contribution >= 0.6 is 0 Å². The molecule has 2 heterocycles. The molecule has 0 spiro atoms. The van der Waals surface area contributed by atoms with Gasteiger partial charge in [0.25, 0.3) is 5.91 Å². The summed E-state index contributed by atoms with van der Waals surface area (Å²) >= 11 is 0. The van der Waals surface area contributed by atoms with Gasteiger partial charge in [-0.15, -0.1) is 0 Å². The second kappa shape index (κ2) is 6.59. The maximum atomic E-state index is 12.5. The number of benzene rings is 1. The summed E-state index contributed by atoms with van der Waals surface area (Å²) in [5.41, 5.74) is 6.74. The summed E-state index contributed by atoms with van der Waals surface area (Å²) in [5.74, 6) is 1.64. The molecule has 25 heavy (non-hydrogen) atoms. The minimum absolute atomic E-state index is 0.0946. The van der Waals surface area contributed by atoms with Crippen LogP contribution < -0.4 is 5.73 Å². The fourth-order valence-electron chi connectivity index (χ4n) is 3.93. The van der Waals surface area contributed by atoms with Crippen LogP contribution in [0.4, 0.5) is 0 Å². The molecule has 1 aliphatic heterocycles. The predicted molar refractivity (Wildman–Crippen MR) is 93.0 cm³/mol. The van der Waals surface area contributed by atoms with Gasteiger partial charge in [-0.25, -0.2) is 0 Å². The Labute approximate surface area is 147 Å². The van der Waals surface area contributed by atoms with Crippen LogP contribution in [-0.2, 0) is 5.54 Å². The quantitative estimate of drug-likeness (QED) is 0.928. The second-order valence-electron chi connectivity index (χ2n) is 7.25. The first-order valence-electron chi connectivity index (χ1n) is 9.13. The third-order valence-corrected chi connectivity index (χ3v) is 5.53. The lowest BCUT2D eigenvalue weighted by Gasteiger charge is -2.30. The number of piperidine rings is 1. The SMILES string of the molecule is NC1(c2noc(C3CCN(C(=O)c4ccccc4)CC3)n2)CCCC1. The molecule has 1 aromatic heterocycles. The molecule has 2 aromatic rings. The number of hydrogen-bond donors (Lipinski definition) is 1. The van der Waals surface area contributed by atoms with Crippen molar-refractivity contribution >= 4 is 5.91 Å². The van der Waals surface area contributed by atoms with Crippen molar-refractivity contribution in [3.8, 4) is 0 Å². The Morgan fingerprint density at radius 2 is 1.84 bits per heavy atom. The van der Waals surface area contributed by atoms with E-state index >= 15 is 0 Å². The first-order valence-corrected chi connectivity index (χ1v) is 9.13. The standard InChI is InChI=1S/C19H24N4O2/c20-19(10-4-5-11-19)18-21-16(25-22-18)14-8-12-23(13-9-14)17(24)15-6-2-1-3-7-15/h1-3,6-7,14H,4-5,8-13,20H2. The van der Waals surface area contributed by atoms with Crippen LogP contribution in [0.15, 0.2) is 34.9 Å². The Bertz CT molecular complexity index is 729. The molecule has 1 saturated carbocycles. The van der Waals surface area contributed by atoms with Crippen molar-refractivity contribution in [2.24, 2.45) is 5.73 Å². The molecule has 6 heteroatoms. The molecule has 4 rings (SSSR count). The van der Waals surface area contributed by atoms with Crippen molar-refractivity contribution in [2.75, 3.05) is 13.1 Å². The summed E-state index contributed by atoms with van der Waals surface area (Å²) in [5, 5.41) is 4.16. The molecule has 6 nitrogen and oxygen atoms in total. The second-order valence-corrected chi connectivity index (χ2v) is 7.25. The number of nitrogens with zero attached hydrogens (tertiary/aromatic N) is 3. The molecule has 1 aromatic carbocycles. The van der Waals surface area contributed by atoms with E-state index in [0.29, 0.717) is 24.8 Å². The van der Waals surface area contributed by atoms with Crippen molar-refractivity contribution in [3.05, 3.63) is 47.6 Å².